The SMILES string of the molecule is O=C(c1ccccc1)n1nc2c(n1)Nc1nonc1N2. The first-order chi connectivity index (χ1) is 9.81. The summed E-state index contributed by atoms with van der Waals surface area (Å²) in [5.41, 5.74) is 0.498. The van der Waals surface area contributed by atoms with Gasteiger partial charge in [0.05, 0.1) is 0 Å². The van der Waals surface area contributed by atoms with Gasteiger partial charge in [0.2, 0.25) is 11.6 Å². The van der Waals surface area contributed by atoms with Crippen LogP contribution in [-0.4, -0.2) is 31.2 Å². The molecule has 98 valence electrons. The second-order valence-electron chi connectivity index (χ2n) is 4.07. The van der Waals surface area contributed by atoms with Crippen molar-refractivity contribution in [1.29, 1.82) is 0 Å². The monoisotopic (exact) mass is 269 g/mol. The average molecular weight is 269 g/mol. The number of aromatic nitrogens is 5. The lowest BCUT2D eigenvalue weighted by molar-refractivity contribution is 0.0928. The van der Waals surface area contributed by atoms with Crippen LogP contribution in [0.2, 0.25) is 0 Å². The highest BCUT2D eigenvalue weighted by atomic mass is 16.6. The summed E-state index contributed by atoms with van der Waals surface area (Å²) in [4.78, 5) is 13.2. The van der Waals surface area contributed by atoms with E-state index in [4.69, 9.17) is 0 Å². The summed E-state index contributed by atoms with van der Waals surface area (Å²) in [7, 11) is 0. The molecule has 0 aliphatic carbocycles. The van der Waals surface area contributed by atoms with Crippen molar-refractivity contribution in [3.8, 4) is 0 Å². The Hall–Kier alpha value is -3.23. The molecule has 0 radical (unpaired) electrons. The van der Waals surface area contributed by atoms with Crippen molar-refractivity contribution in [1.82, 2.24) is 25.3 Å². The molecule has 0 saturated carbocycles. The molecule has 1 aromatic carbocycles. The number of benzene rings is 1. The highest BCUT2D eigenvalue weighted by Crippen LogP contribution is 2.32. The van der Waals surface area contributed by atoms with E-state index in [-0.39, 0.29) is 5.91 Å². The summed E-state index contributed by atoms with van der Waals surface area (Å²) < 4.78 is 4.56. The van der Waals surface area contributed by atoms with Crippen molar-refractivity contribution in [2.45, 2.75) is 0 Å². The van der Waals surface area contributed by atoms with Crippen LogP contribution < -0.4 is 10.6 Å². The number of nitrogens with one attached hydrogen (secondary N) is 2. The lowest BCUT2D eigenvalue weighted by atomic mass is 10.2. The topological polar surface area (TPSA) is 111 Å². The summed E-state index contributed by atoms with van der Waals surface area (Å²) in [6.07, 6.45) is 0. The number of carbonyl (C=O) groups excluding carboxylic acids is 1. The van der Waals surface area contributed by atoms with E-state index in [1.807, 2.05) is 6.07 Å². The van der Waals surface area contributed by atoms with Crippen molar-refractivity contribution in [3.05, 3.63) is 35.9 Å². The van der Waals surface area contributed by atoms with E-state index in [1.165, 1.54) is 0 Å². The van der Waals surface area contributed by atoms with Gasteiger partial charge in [-0.3, -0.25) is 4.79 Å². The number of carbonyl (C=O) groups is 1. The predicted molar refractivity (Wildman–Crippen MR) is 67.1 cm³/mol. The van der Waals surface area contributed by atoms with Gasteiger partial charge in [-0.25, -0.2) is 4.63 Å². The van der Waals surface area contributed by atoms with Gasteiger partial charge >= 0.3 is 0 Å². The molecule has 9 heteroatoms. The molecule has 0 atom stereocenters. The summed E-state index contributed by atoms with van der Waals surface area (Å²) >= 11 is 0. The first-order valence-electron chi connectivity index (χ1n) is 5.75. The fourth-order valence-corrected chi connectivity index (χ4v) is 1.84. The molecular formula is C11H7N7O2. The third kappa shape index (κ3) is 1.53. The molecule has 2 aromatic heterocycles. The minimum atomic E-state index is -0.325. The number of hydrogen-bond donors (Lipinski definition) is 2. The van der Waals surface area contributed by atoms with Crippen LogP contribution in [0.15, 0.2) is 35.0 Å². The number of rotatable bonds is 1. The summed E-state index contributed by atoms with van der Waals surface area (Å²) in [6, 6.07) is 8.78. The van der Waals surface area contributed by atoms with Crippen LogP contribution in [0.5, 0.6) is 0 Å². The highest BCUT2D eigenvalue weighted by molar-refractivity contribution is 5.95. The molecule has 9 nitrogen and oxygen atoms in total. The quantitative estimate of drug-likeness (QED) is 0.529. The zero-order valence-electron chi connectivity index (χ0n) is 9.94. The van der Waals surface area contributed by atoms with E-state index in [0.29, 0.717) is 28.8 Å². The summed E-state index contributed by atoms with van der Waals surface area (Å²) in [5, 5.41) is 21.2. The van der Waals surface area contributed by atoms with E-state index in [2.05, 4.69) is 35.8 Å². The molecule has 0 spiro atoms. The molecule has 2 N–H and O–H groups in total. The Morgan fingerprint density at radius 2 is 1.55 bits per heavy atom. The van der Waals surface area contributed by atoms with E-state index >= 15 is 0 Å². The average Bonchev–Trinajstić information content (AvgIpc) is 3.10. The Morgan fingerprint density at radius 3 is 2.15 bits per heavy atom. The van der Waals surface area contributed by atoms with Crippen LogP contribution in [0.25, 0.3) is 0 Å². The van der Waals surface area contributed by atoms with Gasteiger partial charge in [0.15, 0.2) is 11.6 Å². The van der Waals surface area contributed by atoms with Crippen molar-refractivity contribution in [3.63, 3.8) is 0 Å². The van der Waals surface area contributed by atoms with E-state index in [1.54, 1.807) is 24.3 Å². The Bertz CT molecular complexity index is 754. The zero-order chi connectivity index (χ0) is 13.5. The predicted octanol–water partition coefficient (Wildman–Crippen LogP) is 1.15. The minimum Gasteiger partial charge on any atom is -0.314 e. The molecule has 3 heterocycles. The van der Waals surface area contributed by atoms with E-state index in [0.717, 1.165) is 4.80 Å². The molecule has 4 rings (SSSR count). The number of anilines is 4. The number of hydrogen-bond acceptors (Lipinski definition) is 8. The summed E-state index contributed by atoms with van der Waals surface area (Å²) in [5.74, 6) is 1.25. The lowest BCUT2D eigenvalue weighted by Gasteiger charge is -2.07. The first-order valence-corrected chi connectivity index (χ1v) is 5.75. The lowest BCUT2D eigenvalue weighted by Crippen LogP contribution is -2.15. The van der Waals surface area contributed by atoms with Gasteiger partial charge < -0.3 is 10.6 Å². The summed E-state index contributed by atoms with van der Waals surface area (Å²) in [6.45, 7) is 0. The number of fused-ring (bicyclic) bond motifs is 2. The van der Waals surface area contributed by atoms with Crippen LogP contribution in [0.3, 0.4) is 0 Å². The van der Waals surface area contributed by atoms with Gasteiger partial charge in [-0.15, -0.1) is 15.0 Å². The molecule has 1 aliphatic heterocycles. The first kappa shape index (κ1) is 10.7. The maximum atomic E-state index is 12.2. The third-order valence-electron chi connectivity index (χ3n) is 2.78. The zero-order valence-corrected chi connectivity index (χ0v) is 9.94. The molecule has 3 aromatic rings. The van der Waals surface area contributed by atoms with E-state index < -0.39 is 0 Å². The van der Waals surface area contributed by atoms with Crippen LogP contribution in [-0.2, 0) is 0 Å². The van der Waals surface area contributed by atoms with Crippen LogP contribution in [0, 0.1) is 0 Å². The van der Waals surface area contributed by atoms with Crippen LogP contribution >= 0.6 is 0 Å². The number of nitrogens with zero attached hydrogens (tertiary/aromatic N) is 5. The third-order valence-corrected chi connectivity index (χ3v) is 2.78. The van der Waals surface area contributed by atoms with Gasteiger partial charge in [0.25, 0.3) is 5.91 Å². The van der Waals surface area contributed by atoms with Gasteiger partial charge in [-0.1, -0.05) is 18.2 Å². The maximum absolute atomic E-state index is 12.2. The largest absolute Gasteiger partial charge is 0.314 e. The second kappa shape index (κ2) is 3.88. The normalized spacial score (nSPS) is 12.0. The van der Waals surface area contributed by atoms with Crippen molar-refractivity contribution in [2.75, 3.05) is 10.6 Å². The van der Waals surface area contributed by atoms with Gasteiger partial charge in [0.1, 0.15) is 0 Å². The molecule has 0 amide bonds. The van der Waals surface area contributed by atoms with Crippen molar-refractivity contribution >= 4 is 29.2 Å². The fourth-order valence-electron chi connectivity index (χ4n) is 1.84. The second-order valence-corrected chi connectivity index (χ2v) is 4.07. The van der Waals surface area contributed by atoms with Crippen LogP contribution in [0.1, 0.15) is 10.4 Å². The van der Waals surface area contributed by atoms with Gasteiger partial charge in [-0.05, 0) is 22.4 Å². The Kier molecular flexibility index (Phi) is 2.07. The molecule has 0 bridgehead atoms. The Morgan fingerprint density at radius 1 is 0.950 bits per heavy atom. The van der Waals surface area contributed by atoms with Crippen LogP contribution in [0.4, 0.5) is 23.3 Å². The Balaban J connectivity index is 1.70. The standard InChI is InChI=1S/C11H7N7O2/c19-11(6-4-2-1-3-5-6)18-14-7-8(15-18)13-10-9(12-7)16-20-17-10/h1-5H,(H,12,14,16)(H,13,15,17). The highest BCUT2D eigenvalue weighted by Gasteiger charge is 2.25. The molecule has 20 heavy (non-hydrogen) atoms. The fraction of sp³-hybridized carbons (Fsp3) is 0. The smallest absolute Gasteiger partial charge is 0.295 e. The molecule has 0 saturated heterocycles. The van der Waals surface area contributed by atoms with E-state index in [9.17, 15) is 4.79 Å². The molecule has 0 unspecified atom stereocenters. The van der Waals surface area contributed by atoms with Crippen molar-refractivity contribution in [2.24, 2.45) is 0 Å². The minimum absolute atomic E-state index is 0.325. The molecule has 0 fully saturated rings. The van der Waals surface area contributed by atoms with Crippen molar-refractivity contribution < 1.29 is 9.42 Å². The van der Waals surface area contributed by atoms with Gasteiger partial charge in [-0.2, -0.15) is 0 Å². The van der Waals surface area contributed by atoms with Gasteiger partial charge in [0, 0.05) is 5.56 Å². The Labute approximate surface area is 111 Å². The molecule has 1 aliphatic rings. The maximum Gasteiger partial charge on any atom is 0.295 e. The molecular weight excluding hydrogens is 262 g/mol.